The van der Waals surface area contributed by atoms with E-state index >= 15 is 0 Å². The van der Waals surface area contributed by atoms with Crippen LogP contribution in [0.25, 0.3) is 21.9 Å². The molecule has 0 bridgehead atoms. The third kappa shape index (κ3) is 3.69. The molecule has 0 aliphatic rings. The van der Waals surface area contributed by atoms with E-state index in [9.17, 15) is 4.79 Å². The van der Waals surface area contributed by atoms with E-state index in [-0.39, 0.29) is 5.91 Å². The number of nitrogens with one attached hydrogen (secondary N) is 1. The number of carbonyl (C=O) groups is 1. The molecule has 0 saturated heterocycles. The molecule has 4 aromatic rings. The van der Waals surface area contributed by atoms with Crippen molar-refractivity contribution in [1.29, 1.82) is 0 Å². The molecule has 6 heteroatoms. The molecule has 2 heterocycles. The molecule has 0 aliphatic carbocycles. The number of nitrogens with zero attached hydrogens (tertiary/aromatic N) is 4. The lowest BCUT2D eigenvalue weighted by molar-refractivity contribution is -0.121. The number of hydrogen-bond acceptors (Lipinski definition) is 4. The molecule has 6 nitrogen and oxygen atoms in total. The van der Waals surface area contributed by atoms with Gasteiger partial charge in [0.05, 0.1) is 17.2 Å². The summed E-state index contributed by atoms with van der Waals surface area (Å²) in [5.41, 5.74) is 7.42. The molecule has 0 unspecified atom stereocenters. The number of amides is 1. The van der Waals surface area contributed by atoms with Crippen LogP contribution in [0, 0.1) is 6.92 Å². The van der Waals surface area contributed by atoms with Crippen molar-refractivity contribution in [2.45, 2.75) is 19.9 Å². The molecule has 27 heavy (non-hydrogen) atoms. The first-order valence-corrected chi connectivity index (χ1v) is 8.78. The van der Waals surface area contributed by atoms with Gasteiger partial charge in [-0.15, -0.1) is 0 Å². The van der Waals surface area contributed by atoms with Gasteiger partial charge in [-0.3, -0.25) is 14.8 Å². The highest BCUT2D eigenvalue weighted by Crippen LogP contribution is 2.20. The molecule has 0 atom stereocenters. The number of aromatic nitrogens is 3. The van der Waals surface area contributed by atoms with Gasteiger partial charge in [-0.05, 0) is 36.2 Å². The second-order valence-corrected chi connectivity index (χ2v) is 6.37. The van der Waals surface area contributed by atoms with E-state index in [1.807, 2.05) is 30.3 Å². The molecule has 134 valence electrons. The molecular formula is C21H19N5O. The van der Waals surface area contributed by atoms with E-state index < -0.39 is 0 Å². The van der Waals surface area contributed by atoms with Crippen LogP contribution in [-0.4, -0.2) is 26.7 Å². The highest BCUT2D eigenvalue weighted by molar-refractivity contribution is 5.87. The lowest BCUT2D eigenvalue weighted by Crippen LogP contribution is -2.19. The zero-order valence-electron chi connectivity index (χ0n) is 15.0. The highest BCUT2D eigenvalue weighted by Gasteiger charge is 2.06. The molecule has 2 aromatic heterocycles. The van der Waals surface area contributed by atoms with Crippen LogP contribution in [0.15, 0.2) is 66.2 Å². The first-order chi connectivity index (χ1) is 13.2. The summed E-state index contributed by atoms with van der Waals surface area (Å²) in [4.78, 5) is 20.6. The Morgan fingerprint density at radius 3 is 2.85 bits per heavy atom. The van der Waals surface area contributed by atoms with Gasteiger partial charge in [0.25, 0.3) is 0 Å². The van der Waals surface area contributed by atoms with Gasteiger partial charge in [-0.25, -0.2) is 5.43 Å². The zero-order chi connectivity index (χ0) is 18.6. The van der Waals surface area contributed by atoms with Gasteiger partial charge in [0.2, 0.25) is 5.91 Å². The molecule has 1 amide bonds. The van der Waals surface area contributed by atoms with E-state index in [4.69, 9.17) is 0 Å². The van der Waals surface area contributed by atoms with Crippen LogP contribution >= 0.6 is 0 Å². The third-order valence-corrected chi connectivity index (χ3v) is 4.46. The number of rotatable bonds is 5. The summed E-state index contributed by atoms with van der Waals surface area (Å²) >= 11 is 0. The number of fused-ring (bicyclic) bond motifs is 2. The minimum atomic E-state index is -0.123. The molecular weight excluding hydrogens is 338 g/mol. The molecule has 0 spiro atoms. The number of para-hydroxylation sites is 1. The lowest BCUT2D eigenvalue weighted by Gasteiger charge is -2.04. The van der Waals surface area contributed by atoms with Crippen molar-refractivity contribution in [3.63, 3.8) is 0 Å². The van der Waals surface area contributed by atoms with Crippen LogP contribution in [0.1, 0.15) is 17.5 Å². The summed E-state index contributed by atoms with van der Waals surface area (Å²) in [7, 11) is 0. The summed E-state index contributed by atoms with van der Waals surface area (Å²) < 4.78 is 2.11. The largest absolute Gasteiger partial charge is 0.347 e. The van der Waals surface area contributed by atoms with Crippen molar-refractivity contribution in [3.8, 4) is 0 Å². The SMILES string of the molecule is Cc1cn(CCC(=O)NN=Cc2ccc3nccnc3c2)c2ccccc12. The van der Waals surface area contributed by atoms with Crippen LogP contribution in [0.3, 0.4) is 0 Å². The molecule has 0 aliphatic heterocycles. The van der Waals surface area contributed by atoms with E-state index in [2.05, 4.69) is 50.3 Å². The fraction of sp³-hybridized carbons (Fsp3) is 0.143. The summed E-state index contributed by atoms with van der Waals surface area (Å²) in [6.07, 6.45) is 7.36. The second kappa shape index (κ2) is 7.37. The first-order valence-electron chi connectivity index (χ1n) is 8.78. The van der Waals surface area contributed by atoms with Crippen molar-refractivity contribution in [2.24, 2.45) is 5.10 Å². The average molecular weight is 357 g/mol. The maximum absolute atomic E-state index is 12.1. The van der Waals surface area contributed by atoms with E-state index in [0.29, 0.717) is 13.0 Å². The summed E-state index contributed by atoms with van der Waals surface area (Å²) in [6, 6.07) is 13.9. The highest BCUT2D eigenvalue weighted by atomic mass is 16.2. The van der Waals surface area contributed by atoms with Crippen LogP contribution in [0.5, 0.6) is 0 Å². The minimum absolute atomic E-state index is 0.123. The van der Waals surface area contributed by atoms with Gasteiger partial charge >= 0.3 is 0 Å². The van der Waals surface area contributed by atoms with Gasteiger partial charge in [0.15, 0.2) is 0 Å². The Morgan fingerprint density at radius 1 is 1.15 bits per heavy atom. The molecule has 0 radical (unpaired) electrons. The van der Waals surface area contributed by atoms with Crippen molar-refractivity contribution >= 4 is 34.1 Å². The number of hydrazone groups is 1. The van der Waals surface area contributed by atoms with Crippen molar-refractivity contribution < 1.29 is 4.79 Å². The van der Waals surface area contributed by atoms with Gasteiger partial charge < -0.3 is 4.57 Å². The quantitative estimate of drug-likeness (QED) is 0.439. The maximum atomic E-state index is 12.1. The summed E-state index contributed by atoms with van der Waals surface area (Å²) in [6.45, 7) is 2.69. The van der Waals surface area contributed by atoms with Crippen LogP contribution < -0.4 is 5.43 Å². The van der Waals surface area contributed by atoms with Gasteiger partial charge in [-0.2, -0.15) is 5.10 Å². The smallest absolute Gasteiger partial charge is 0.241 e. The van der Waals surface area contributed by atoms with Crippen molar-refractivity contribution in [3.05, 3.63) is 72.2 Å². The fourth-order valence-corrected chi connectivity index (χ4v) is 3.13. The molecule has 0 fully saturated rings. The normalized spacial score (nSPS) is 11.4. The van der Waals surface area contributed by atoms with Crippen LogP contribution in [0.4, 0.5) is 0 Å². The summed E-state index contributed by atoms with van der Waals surface area (Å²) in [5, 5.41) is 5.26. The molecule has 1 N–H and O–H groups in total. The third-order valence-electron chi connectivity index (χ3n) is 4.46. The Labute approximate surface area is 156 Å². The Hall–Kier alpha value is -3.54. The minimum Gasteiger partial charge on any atom is -0.347 e. The molecule has 4 rings (SSSR count). The first kappa shape index (κ1) is 16.9. The standard InChI is InChI=1S/C21H19N5O/c1-15-14-26(20-5-3-2-4-17(15)20)11-8-21(27)25-24-13-16-6-7-18-19(12-16)23-10-9-22-18/h2-7,9-10,12-14H,8,11H2,1H3,(H,25,27). The molecule has 0 saturated carbocycles. The van der Waals surface area contributed by atoms with E-state index in [1.165, 1.54) is 10.9 Å². The Morgan fingerprint density at radius 2 is 1.96 bits per heavy atom. The fourth-order valence-electron chi connectivity index (χ4n) is 3.13. The van der Waals surface area contributed by atoms with Crippen LogP contribution in [-0.2, 0) is 11.3 Å². The van der Waals surface area contributed by atoms with E-state index in [1.54, 1.807) is 18.6 Å². The van der Waals surface area contributed by atoms with Gasteiger partial charge in [-0.1, -0.05) is 24.3 Å². The average Bonchev–Trinajstić information content (AvgIpc) is 3.02. The predicted octanol–water partition coefficient (Wildman–Crippen LogP) is 3.43. The van der Waals surface area contributed by atoms with Gasteiger partial charge in [0.1, 0.15) is 0 Å². The Kier molecular flexibility index (Phi) is 4.61. The summed E-state index contributed by atoms with van der Waals surface area (Å²) in [5.74, 6) is -0.123. The van der Waals surface area contributed by atoms with Gasteiger partial charge in [0, 0.05) is 42.5 Å². The number of hydrogen-bond donors (Lipinski definition) is 1. The second-order valence-electron chi connectivity index (χ2n) is 6.37. The Balaban J connectivity index is 1.36. The number of benzene rings is 2. The van der Waals surface area contributed by atoms with E-state index in [0.717, 1.165) is 22.1 Å². The molecule has 2 aromatic carbocycles. The van der Waals surface area contributed by atoms with Crippen LogP contribution in [0.2, 0.25) is 0 Å². The van der Waals surface area contributed by atoms with Crippen molar-refractivity contribution in [1.82, 2.24) is 20.0 Å². The lowest BCUT2D eigenvalue weighted by atomic mass is 10.2. The zero-order valence-corrected chi connectivity index (χ0v) is 15.0. The maximum Gasteiger partial charge on any atom is 0.241 e. The van der Waals surface area contributed by atoms with Crippen molar-refractivity contribution in [2.75, 3.05) is 0 Å². The monoisotopic (exact) mass is 357 g/mol. The topological polar surface area (TPSA) is 72.2 Å². The predicted molar refractivity (Wildman–Crippen MR) is 107 cm³/mol. The number of carbonyl (C=O) groups excluding carboxylic acids is 1. The number of aryl methyl sites for hydroxylation is 2. The Bertz CT molecular complexity index is 1150.